The lowest BCUT2D eigenvalue weighted by molar-refractivity contribution is -0.115. The van der Waals surface area contributed by atoms with Crippen LogP contribution in [0.1, 0.15) is 27.7 Å². The van der Waals surface area contributed by atoms with Crippen molar-refractivity contribution < 1.29 is 9.00 Å². The van der Waals surface area contributed by atoms with E-state index in [1.807, 2.05) is 20.8 Å². The Bertz CT molecular complexity index is 457. The highest BCUT2D eigenvalue weighted by atomic mass is 32.2. The smallest absolute Gasteiger partial charge is 0.239 e. The number of amides is 1. The van der Waals surface area contributed by atoms with Crippen LogP contribution < -0.4 is 11.1 Å². The number of carbonyl (C=O) groups is 1. The molecule has 3 N–H and O–H groups in total. The number of hydrogen-bond donors (Lipinski definition) is 2. The van der Waals surface area contributed by atoms with Gasteiger partial charge in [0.1, 0.15) is 5.25 Å². The van der Waals surface area contributed by atoms with Crippen LogP contribution >= 0.6 is 0 Å². The molecule has 19 heavy (non-hydrogen) atoms. The van der Waals surface area contributed by atoms with Crippen molar-refractivity contribution in [2.45, 2.75) is 38.2 Å². The lowest BCUT2D eigenvalue weighted by atomic mass is 10.2. The Morgan fingerprint density at radius 1 is 1.16 bits per heavy atom. The zero-order chi connectivity index (χ0) is 14.6. The molecule has 0 aliphatic rings. The van der Waals surface area contributed by atoms with Crippen LogP contribution in [0.2, 0.25) is 0 Å². The van der Waals surface area contributed by atoms with Crippen LogP contribution in [0.15, 0.2) is 24.3 Å². The van der Waals surface area contributed by atoms with E-state index in [0.717, 1.165) is 0 Å². The highest BCUT2D eigenvalue weighted by Gasteiger charge is 2.26. The van der Waals surface area contributed by atoms with Gasteiger partial charge in [0.25, 0.3) is 0 Å². The molecule has 0 radical (unpaired) electrons. The van der Waals surface area contributed by atoms with Crippen LogP contribution in [-0.4, -0.2) is 20.6 Å². The van der Waals surface area contributed by atoms with E-state index in [0.29, 0.717) is 11.4 Å². The Hall–Kier alpha value is -1.36. The number of nitrogens with two attached hydrogens (primary N) is 1. The lowest BCUT2D eigenvalue weighted by Crippen LogP contribution is -2.35. The zero-order valence-electron chi connectivity index (χ0n) is 11.8. The predicted molar refractivity (Wildman–Crippen MR) is 81.4 cm³/mol. The van der Waals surface area contributed by atoms with Crippen molar-refractivity contribution in [3.05, 3.63) is 24.3 Å². The van der Waals surface area contributed by atoms with E-state index < -0.39 is 16.0 Å². The average molecular weight is 282 g/mol. The minimum Gasteiger partial charge on any atom is -0.399 e. The molecule has 0 aromatic heterocycles. The van der Waals surface area contributed by atoms with Gasteiger partial charge in [-0.05, 0) is 37.1 Å². The summed E-state index contributed by atoms with van der Waals surface area (Å²) < 4.78 is 12.2. The van der Waals surface area contributed by atoms with Crippen LogP contribution in [0.25, 0.3) is 0 Å². The van der Waals surface area contributed by atoms with Gasteiger partial charge in [-0.25, -0.2) is 0 Å². The standard InChI is InChI=1S/C14H22N2O2S/c1-9(2)10(3)19(18)11(4)14(17)16-13-7-5-12(15)6-8-13/h5-11H,15H2,1-4H3,(H,16,17). The second-order valence-corrected chi connectivity index (χ2v) is 7.14. The molecule has 0 aliphatic carbocycles. The first kappa shape index (κ1) is 15.7. The number of benzene rings is 1. The third-order valence-corrected chi connectivity index (χ3v) is 5.39. The number of hydrogen-bond acceptors (Lipinski definition) is 3. The molecule has 0 spiro atoms. The summed E-state index contributed by atoms with van der Waals surface area (Å²) in [7, 11) is -1.18. The molecule has 3 atom stereocenters. The quantitative estimate of drug-likeness (QED) is 0.814. The van der Waals surface area contributed by atoms with Gasteiger partial charge < -0.3 is 11.1 Å². The van der Waals surface area contributed by atoms with Crippen molar-refractivity contribution in [3.63, 3.8) is 0 Å². The monoisotopic (exact) mass is 282 g/mol. The van der Waals surface area contributed by atoms with E-state index >= 15 is 0 Å². The second kappa shape index (κ2) is 6.70. The van der Waals surface area contributed by atoms with Crippen molar-refractivity contribution in [2.75, 3.05) is 11.1 Å². The molecule has 1 amide bonds. The van der Waals surface area contributed by atoms with E-state index in [2.05, 4.69) is 5.32 Å². The fraction of sp³-hybridized carbons (Fsp3) is 0.500. The Kier molecular flexibility index (Phi) is 5.54. The predicted octanol–water partition coefficient (Wildman–Crippen LogP) is 2.39. The summed E-state index contributed by atoms with van der Waals surface area (Å²) in [5.41, 5.74) is 6.89. The van der Waals surface area contributed by atoms with Crippen LogP contribution in [0, 0.1) is 5.92 Å². The third kappa shape index (κ3) is 4.35. The minimum absolute atomic E-state index is 0.00725. The Labute approximate surface area is 117 Å². The van der Waals surface area contributed by atoms with E-state index in [4.69, 9.17) is 5.73 Å². The SMILES string of the molecule is CC(C)C(C)S(=O)C(C)C(=O)Nc1ccc(N)cc1. The van der Waals surface area contributed by atoms with Gasteiger partial charge in [-0.15, -0.1) is 0 Å². The van der Waals surface area contributed by atoms with Crippen molar-refractivity contribution in [1.29, 1.82) is 0 Å². The molecule has 1 rings (SSSR count). The largest absolute Gasteiger partial charge is 0.399 e. The molecule has 0 saturated carbocycles. The maximum atomic E-state index is 12.2. The number of nitrogen functional groups attached to an aromatic ring is 1. The van der Waals surface area contributed by atoms with Gasteiger partial charge in [0.2, 0.25) is 5.91 Å². The van der Waals surface area contributed by atoms with Crippen molar-refractivity contribution >= 4 is 28.1 Å². The molecule has 106 valence electrons. The average Bonchev–Trinajstić information content (AvgIpc) is 2.38. The highest BCUT2D eigenvalue weighted by molar-refractivity contribution is 7.87. The molecule has 0 saturated heterocycles. The molecule has 0 aliphatic heterocycles. The maximum absolute atomic E-state index is 12.2. The lowest BCUT2D eigenvalue weighted by Gasteiger charge is -2.19. The summed E-state index contributed by atoms with van der Waals surface area (Å²) in [5, 5.41) is 2.22. The van der Waals surface area contributed by atoms with Gasteiger partial charge in [-0.3, -0.25) is 9.00 Å². The number of anilines is 2. The molecule has 1 aromatic rings. The number of nitrogens with one attached hydrogen (secondary N) is 1. The molecule has 4 nitrogen and oxygen atoms in total. The van der Waals surface area contributed by atoms with E-state index in [-0.39, 0.29) is 17.1 Å². The van der Waals surface area contributed by atoms with Crippen molar-refractivity contribution in [3.8, 4) is 0 Å². The fourth-order valence-electron chi connectivity index (χ4n) is 1.51. The summed E-state index contributed by atoms with van der Waals surface area (Å²) >= 11 is 0. The Balaban J connectivity index is 2.67. The number of rotatable bonds is 5. The first-order valence-corrected chi connectivity index (χ1v) is 7.66. The Morgan fingerprint density at radius 2 is 1.68 bits per heavy atom. The van der Waals surface area contributed by atoms with Crippen LogP contribution in [0.3, 0.4) is 0 Å². The van der Waals surface area contributed by atoms with Crippen molar-refractivity contribution in [1.82, 2.24) is 0 Å². The van der Waals surface area contributed by atoms with Crippen LogP contribution in [0.5, 0.6) is 0 Å². The second-order valence-electron chi connectivity index (χ2n) is 5.03. The van der Waals surface area contributed by atoms with E-state index in [9.17, 15) is 9.00 Å². The highest BCUT2D eigenvalue weighted by Crippen LogP contribution is 2.15. The van der Waals surface area contributed by atoms with Gasteiger partial charge in [-0.2, -0.15) is 0 Å². The zero-order valence-corrected chi connectivity index (χ0v) is 12.7. The summed E-state index contributed by atoms with van der Waals surface area (Å²) in [6, 6.07) is 6.89. The summed E-state index contributed by atoms with van der Waals surface area (Å²) in [6.45, 7) is 7.62. The van der Waals surface area contributed by atoms with Gasteiger partial charge in [0, 0.05) is 27.4 Å². The van der Waals surface area contributed by atoms with Gasteiger partial charge in [0.05, 0.1) is 0 Å². The van der Waals surface area contributed by atoms with Gasteiger partial charge in [0.15, 0.2) is 0 Å². The number of carbonyl (C=O) groups excluding carboxylic acids is 1. The summed E-state index contributed by atoms with van der Waals surface area (Å²) in [4.78, 5) is 12.0. The van der Waals surface area contributed by atoms with E-state index in [1.54, 1.807) is 31.2 Å². The van der Waals surface area contributed by atoms with Gasteiger partial charge in [-0.1, -0.05) is 20.8 Å². The normalized spacial score (nSPS) is 15.8. The molecular formula is C14H22N2O2S. The summed E-state index contributed by atoms with van der Waals surface area (Å²) in [5.74, 6) is 0.0585. The summed E-state index contributed by atoms with van der Waals surface area (Å²) in [6.07, 6.45) is 0. The van der Waals surface area contributed by atoms with Crippen molar-refractivity contribution in [2.24, 2.45) is 5.92 Å². The first-order chi connectivity index (χ1) is 8.82. The molecular weight excluding hydrogens is 260 g/mol. The Morgan fingerprint density at radius 3 is 2.16 bits per heavy atom. The van der Waals surface area contributed by atoms with Gasteiger partial charge >= 0.3 is 0 Å². The molecule has 0 heterocycles. The van der Waals surface area contributed by atoms with Crippen LogP contribution in [0.4, 0.5) is 11.4 Å². The third-order valence-electron chi connectivity index (χ3n) is 3.20. The van der Waals surface area contributed by atoms with E-state index in [1.165, 1.54) is 0 Å². The fourth-order valence-corrected chi connectivity index (χ4v) is 2.96. The molecule has 0 fully saturated rings. The van der Waals surface area contributed by atoms with Crippen LogP contribution in [-0.2, 0) is 15.6 Å². The molecule has 1 aromatic carbocycles. The first-order valence-electron chi connectivity index (χ1n) is 6.38. The molecule has 5 heteroatoms. The molecule has 0 bridgehead atoms. The molecule has 3 unspecified atom stereocenters. The maximum Gasteiger partial charge on any atom is 0.239 e. The topological polar surface area (TPSA) is 72.2 Å². The minimum atomic E-state index is -1.18.